The highest BCUT2D eigenvalue weighted by atomic mass is 16.3. The van der Waals surface area contributed by atoms with Crippen LogP contribution in [0.15, 0.2) is 55.0 Å². The Morgan fingerprint density at radius 2 is 1.77 bits per heavy atom. The number of aromatic nitrogens is 4. The summed E-state index contributed by atoms with van der Waals surface area (Å²) in [5.74, 6) is -0.0345. The minimum Gasteiger partial charge on any atom is -0.483 e. The number of rotatable bonds is 4. The van der Waals surface area contributed by atoms with Crippen LogP contribution in [-0.2, 0) is 22.4 Å². The summed E-state index contributed by atoms with van der Waals surface area (Å²) in [7, 11) is 0. The molecule has 2 fully saturated rings. The number of nitrogens with one attached hydrogen (secondary N) is 2. The number of hydrogen-bond acceptors (Lipinski definition) is 7. The van der Waals surface area contributed by atoms with Gasteiger partial charge in [0.15, 0.2) is 5.65 Å². The van der Waals surface area contributed by atoms with Gasteiger partial charge in [-0.1, -0.05) is 12.5 Å². The van der Waals surface area contributed by atoms with E-state index in [9.17, 15) is 9.59 Å². The van der Waals surface area contributed by atoms with Gasteiger partial charge in [0.25, 0.3) is 24.8 Å². The van der Waals surface area contributed by atoms with Gasteiger partial charge >= 0.3 is 0 Å². The van der Waals surface area contributed by atoms with Gasteiger partial charge in [-0.15, -0.1) is 0 Å². The van der Waals surface area contributed by atoms with Gasteiger partial charge < -0.3 is 25.4 Å². The first-order valence-corrected chi connectivity index (χ1v) is 14.1. The summed E-state index contributed by atoms with van der Waals surface area (Å²) in [5.41, 5.74) is 5.58. The minimum absolute atomic E-state index is 0.00888. The molecule has 0 bridgehead atoms. The van der Waals surface area contributed by atoms with Gasteiger partial charge in [0, 0.05) is 48.5 Å². The maximum atomic E-state index is 13.8. The second kappa shape index (κ2) is 12.8. The molecular formula is C31H32N6O6. The molecule has 1 saturated heterocycles. The standard InChI is InChI=1S/C29H28N6O2.2CH2O2/c36-27(25-19-7-3-6-18(19)15-32-25)34-24-10-4-11-29(24)16-35(17-29)28(37)21-14-23(22-9-1-2-12-30-22)33-26-20(21)8-5-13-31-26;2*2-1-3/h1-2,5,8-9,12-15,24,32H,3-4,6-7,10-11,16-17H2,(H,34,36);2*1H,(H,2,3)/t24-;;/m0../s1. The van der Waals surface area contributed by atoms with Crippen molar-refractivity contribution in [3.05, 3.63) is 77.4 Å². The number of aromatic amines is 1. The summed E-state index contributed by atoms with van der Waals surface area (Å²) < 4.78 is 0. The molecule has 1 atom stereocenters. The Labute approximate surface area is 247 Å². The molecule has 12 heteroatoms. The second-order valence-corrected chi connectivity index (χ2v) is 10.8. The molecule has 5 heterocycles. The van der Waals surface area contributed by atoms with Crippen LogP contribution in [0, 0.1) is 5.41 Å². The number of likely N-dealkylation sites (tertiary alicyclic amines) is 1. The van der Waals surface area contributed by atoms with E-state index in [1.54, 1.807) is 12.4 Å². The fraction of sp³-hybridized carbons (Fsp3) is 0.323. The van der Waals surface area contributed by atoms with Gasteiger partial charge in [-0.3, -0.25) is 24.2 Å². The highest BCUT2D eigenvalue weighted by molar-refractivity contribution is 6.06. The predicted octanol–water partition coefficient (Wildman–Crippen LogP) is 3.33. The topological polar surface area (TPSA) is 178 Å². The number of fused-ring (bicyclic) bond motifs is 2. The van der Waals surface area contributed by atoms with E-state index in [1.807, 2.05) is 47.5 Å². The zero-order valence-corrected chi connectivity index (χ0v) is 23.4. The quantitative estimate of drug-likeness (QED) is 0.262. The summed E-state index contributed by atoms with van der Waals surface area (Å²) >= 11 is 0. The van der Waals surface area contributed by atoms with Crippen LogP contribution in [0.3, 0.4) is 0 Å². The van der Waals surface area contributed by atoms with E-state index in [1.165, 1.54) is 11.1 Å². The van der Waals surface area contributed by atoms with Gasteiger partial charge in [0.05, 0.1) is 17.0 Å². The molecule has 1 spiro atoms. The number of carbonyl (C=O) groups excluding carboxylic acids is 2. The van der Waals surface area contributed by atoms with E-state index < -0.39 is 0 Å². The lowest BCUT2D eigenvalue weighted by Gasteiger charge is -2.51. The van der Waals surface area contributed by atoms with Crippen LogP contribution in [-0.4, -0.2) is 78.9 Å². The predicted molar refractivity (Wildman–Crippen MR) is 156 cm³/mol. The highest BCUT2D eigenvalue weighted by Crippen LogP contribution is 2.46. The van der Waals surface area contributed by atoms with Gasteiger partial charge in [-0.2, -0.15) is 0 Å². The van der Waals surface area contributed by atoms with Crippen molar-refractivity contribution in [2.45, 2.75) is 44.6 Å². The van der Waals surface area contributed by atoms with Crippen molar-refractivity contribution in [2.75, 3.05) is 13.1 Å². The Morgan fingerprint density at radius 1 is 1.00 bits per heavy atom. The Hall–Kier alpha value is -5.13. The van der Waals surface area contributed by atoms with Gasteiger partial charge in [0.1, 0.15) is 5.69 Å². The molecule has 4 aromatic heterocycles. The van der Waals surface area contributed by atoms with E-state index in [0.717, 1.165) is 49.6 Å². The van der Waals surface area contributed by atoms with E-state index >= 15 is 0 Å². The van der Waals surface area contributed by atoms with Crippen LogP contribution in [0.4, 0.5) is 0 Å². The number of aryl methyl sites for hydroxylation is 1. The molecule has 0 unspecified atom stereocenters. The molecule has 4 N–H and O–H groups in total. The number of carbonyl (C=O) groups is 4. The third-order valence-electron chi connectivity index (χ3n) is 8.43. The monoisotopic (exact) mass is 584 g/mol. The summed E-state index contributed by atoms with van der Waals surface area (Å²) in [6, 6.07) is 11.3. The Morgan fingerprint density at radius 3 is 2.51 bits per heavy atom. The van der Waals surface area contributed by atoms with Crippen LogP contribution in [0.5, 0.6) is 0 Å². The van der Waals surface area contributed by atoms with Crippen LogP contribution in [0.2, 0.25) is 0 Å². The van der Waals surface area contributed by atoms with Crippen molar-refractivity contribution in [1.82, 2.24) is 30.2 Å². The van der Waals surface area contributed by atoms with Crippen molar-refractivity contribution < 1.29 is 29.4 Å². The van der Waals surface area contributed by atoms with Gasteiger partial charge in [0.2, 0.25) is 0 Å². The molecule has 1 saturated carbocycles. The lowest BCUT2D eigenvalue weighted by Crippen LogP contribution is -2.64. The third-order valence-corrected chi connectivity index (χ3v) is 8.43. The molecule has 0 radical (unpaired) electrons. The normalized spacial score (nSPS) is 17.5. The first-order valence-electron chi connectivity index (χ1n) is 14.1. The number of amides is 2. The molecule has 222 valence electrons. The minimum atomic E-state index is -0.250. The maximum Gasteiger partial charge on any atom is 0.290 e. The molecule has 7 rings (SSSR count). The SMILES string of the molecule is O=C(N[C@H]1CCCC12CN(C(=O)c1cc(-c3ccccn3)nc3ncccc13)C2)c1[nH]cc2c1CCC2.O=CO.O=CO. The van der Waals surface area contributed by atoms with Crippen molar-refractivity contribution >= 4 is 35.8 Å². The average Bonchev–Trinajstić information content (AvgIpc) is 3.73. The number of H-pyrrole nitrogens is 1. The zero-order valence-electron chi connectivity index (χ0n) is 23.4. The van der Waals surface area contributed by atoms with E-state index in [0.29, 0.717) is 35.7 Å². The lowest BCUT2D eigenvalue weighted by molar-refractivity contribution is -0.123. The summed E-state index contributed by atoms with van der Waals surface area (Å²) in [4.78, 5) is 62.3. The van der Waals surface area contributed by atoms with Crippen LogP contribution >= 0.6 is 0 Å². The van der Waals surface area contributed by atoms with Crippen molar-refractivity contribution in [3.63, 3.8) is 0 Å². The Bertz CT molecular complexity index is 1630. The molecule has 12 nitrogen and oxygen atoms in total. The van der Waals surface area contributed by atoms with Crippen molar-refractivity contribution in [3.8, 4) is 11.4 Å². The first kappa shape index (κ1) is 29.4. The molecule has 2 aliphatic carbocycles. The highest BCUT2D eigenvalue weighted by Gasteiger charge is 2.53. The summed E-state index contributed by atoms with van der Waals surface area (Å²) in [5, 5.41) is 17.8. The second-order valence-electron chi connectivity index (χ2n) is 10.8. The summed E-state index contributed by atoms with van der Waals surface area (Å²) in [6.45, 7) is 0.783. The van der Waals surface area contributed by atoms with Crippen molar-refractivity contribution in [1.29, 1.82) is 0 Å². The number of pyridine rings is 3. The maximum absolute atomic E-state index is 13.8. The molecule has 3 aliphatic rings. The first-order chi connectivity index (χ1) is 20.9. The smallest absolute Gasteiger partial charge is 0.290 e. The number of hydrogen-bond donors (Lipinski definition) is 4. The van der Waals surface area contributed by atoms with Gasteiger partial charge in [-0.25, -0.2) is 9.97 Å². The molecular weight excluding hydrogens is 552 g/mol. The number of carboxylic acid groups (broad SMARTS) is 2. The Balaban J connectivity index is 0.000000569. The molecule has 43 heavy (non-hydrogen) atoms. The lowest BCUT2D eigenvalue weighted by atomic mass is 9.74. The molecule has 0 aromatic carbocycles. The van der Waals surface area contributed by atoms with Crippen LogP contribution in [0.1, 0.15) is 57.7 Å². The molecule has 1 aliphatic heterocycles. The van der Waals surface area contributed by atoms with Gasteiger partial charge in [-0.05, 0) is 73.6 Å². The van der Waals surface area contributed by atoms with Crippen LogP contribution in [0.25, 0.3) is 22.4 Å². The van der Waals surface area contributed by atoms with Crippen LogP contribution < -0.4 is 5.32 Å². The number of nitrogens with zero attached hydrogens (tertiary/aromatic N) is 4. The van der Waals surface area contributed by atoms with Crippen molar-refractivity contribution in [2.24, 2.45) is 5.41 Å². The summed E-state index contributed by atoms with van der Waals surface area (Å²) in [6.07, 6.45) is 11.5. The van der Waals surface area contributed by atoms with E-state index in [4.69, 9.17) is 19.8 Å². The fourth-order valence-corrected chi connectivity index (χ4v) is 6.54. The third kappa shape index (κ3) is 5.81. The van der Waals surface area contributed by atoms with E-state index in [2.05, 4.69) is 25.3 Å². The fourth-order valence-electron chi connectivity index (χ4n) is 6.54. The molecule has 4 aromatic rings. The largest absolute Gasteiger partial charge is 0.483 e. The van der Waals surface area contributed by atoms with E-state index in [-0.39, 0.29) is 36.2 Å². The Kier molecular flexibility index (Phi) is 8.74. The zero-order chi connectivity index (χ0) is 30.4. The molecule has 2 amide bonds. The average molecular weight is 585 g/mol.